The summed E-state index contributed by atoms with van der Waals surface area (Å²) in [6.45, 7) is 11.6. The van der Waals surface area contributed by atoms with Crippen molar-refractivity contribution in [1.29, 1.82) is 0 Å². The molecular weight excluding hydrogens is 270 g/mol. The molecule has 0 amide bonds. The zero-order valence-corrected chi connectivity index (χ0v) is 14.6. The molecule has 0 aromatic heterocycles. The van der Waals surface area contributed by atoms with Gasteiger partial charge in [-0.1, -0.05) is 61.7 Å². The maximum atomic E-state index is 3.88. The topological polar surface area (TPSA) is 12.0 Å². The summed E-state index contributed by atoms with van der Waals surface area (Å²) < 4.78 is 0. The van der Waals surface area contributed by atoms with Crippen LogP contribution in [-0.2, 0) is 0 Å². The van der Waals surface area contributed by atoms with Crippen LogP contribution < -0.4 is 4.98 Å². The highest BCUT2D eigenvalue weighted by molar-refractivity contribution is 6.83. The van der Waals surface area contributed by atoms with E-state index in [0.29, 0.717) is 0 Å². The first kappa shape index (κ1) is 14.5. The Labute approximate surface area is 129 Å². The summed E-state index contributed by atoms with van der Waals surface area (Å²) in [7, 11) is -1.66. The van der Waals surface area contributed by atoms with Gasteiger partial charge in [0.25, 0.3) is 0 Å². The van der Waals surface area contributed by atoms with Crippen molar-refractivity contribution in [2.45, 2.75) is 39.4 Å². The van der Waals surface area contributed by atoms with Crippen LogP contribution in [0.25, 0.3) is 6.08 Å². The summed E-state index contributed by atoms with van der Waals surface area (Å²) in [6, 6.07) is 8.66. The molecule has 0 fully saturated rings. The van der Waals surface area contributed by atoms with Gasteiger partial charge in [-0.05, 0) is 42.7 Å². The SMILES string of the molecule is CC(C)(C)N[Si](C)(C)C1=C2C=Cc3ccccc3[C]2C=C1. The minimum atomic E-state index is -1.66. The second kappa shape index (κ2) is 4.82. The molecule has 0 saturated carbocycles. The van der Waals surface area contributed by atoms with Crippen molar-refractivity contribution in [2.24, 2.45) is 0 Å². The molecule has 2 heteroatoms. The average Bonchev–Trinajstić information content (AvgIpc) is 2.80. The summed E-state index contributed by atoms with van der Waals surface area (Å²) in [5, 5.41) is 1.51. The van der Waals surface area contributed by atoms with Crippen LogP contribution in [0, 0.1) is 5.92 Å². The molecule has 2 aliphatic rings. The van der Waals surface area contributed by atoms with Crippen molar-refractivity contribution in [3.63, 3.8) is 0 Å². The lowest BCUT2D eigenvalue weighted by atomic mass is 9.85. The minimum Gasteiger partial charge on any atom is -0.329 e. The van der Waals surface area contributed by atoms with E-state index in [2.05, 4.69) is 87.4 Å². The van der Waals surface area contributed by atoms with Gasteiger partial charge in [-0.3, -0.25) is 0 Å². The molecule has 21 heavy (non-hydrogen) atoms. The van der Waals surface area contributed by atoms with Crippen LogP contribution in [-0.4, -0.2) is 13.8 Å². The lowest BCUT2D eigenvalue weighted by Crippen LogP contribution is -2.55. The van der Waals surface area contributed by atoms with Crippen LogP contribution in [0.5, 0.6) is 0 Å². The molecule has 1 N–H and O–H groups in total. The van der Waals surface area contributed by atoms with Crippen LogP contribution in [0.4, 0.5) is 0 Å². The highest BCUT2D eigenvalue weighted by atomic mass is 28.3. The van der Waals surface area contributed by atoms with Crippen LogP contribution in [0.15, 0.2) is 53.3 Å². The van der Waals surface area contributed by atoms with Crippen LogP contribution in [0.2, 0.25) is 13.1 Å². The van der Waals surface area contributed by atoms with E-state index >= 15 is 0 Å². The van der Waals surface area contributed by atoms with Gasteiger partial charge in [-0.2, -0.15) is 0 Å². The molecule has 1 aromatic carbocycles. The standard InChI is InChI=1S/C19H24NSi/c1-19(2,3)20-21(4,5)18-13-12-16-15-9-7-6-8-14(15)10-11-17(16)18/h6-13,20H,1-5H3. The largest absolute Gasteiger partial charge is 0.329 e. The second-order valence-electron chi connectivity index (χ2n) is 7.49. The molecular formula is C19H24NSi. The van der Waals surface area contributed by atoms with E-state index in [0.717, 1.165) is 0 Å². The Hall–Kier alpha value is -1.38. The first-order valence-corrected chi connectivity index (χ1v) is 10.6. The Kier molecular flexibility index (Phi) is 3.34. The summed E-state index contributed by atoms with van der Waals surface area (Å²) in [6.07, 6.45) is 9.18. The van der Waals surface area contributed by atoms with Gasteiger partial charge < -0.3 is 4.98 Å². The third-order valence-electron chi connectivity index (χ3n) is 4.04. The van der Waals surface area contributed by atoms with Crippen molar-refractivity contribution < 1.29 is 0 Å². The Balaban J connectivity index is 2.02. The lowest BCUT2D eigenvalue weighted by Gasteiger charge is -2.35. The first-order valence-electron chi connectivity index (χ1n) is 7.65. The first-order chi connectivity index (χ1) is 9.78. The van der Waals surface area contributed by atoms with Gasteiger partial charge in [-0.15, -0.1) is 0 Å². The Morgan fingerprint density at radius 1 is 0.905 bits per heavy atom. The van der Waals surface area contributed by atoms with Gasteiger partial charge in [0.2, 0.25) is 0 Å². The second-order valence-corrected chi connectivity index (χ2v) is 11.5. The maximum absolute atomic E-state index is 3.88. The van der Waals surface area contributed by atoms with E-state index in [1.165, 1.54) is 27.8 Å². The lowest BCUT2D eigenvalue weighted by molar-refractivity contribution is 0.514. The molecule has 0 atom stereocenters. The molecule has 0 heterocycles. The van der Waals surface area contributed by atoms with E-state index in [1.54, 1.807) is 0 Å². The Morgan fingerprint density at radius 3 is 2.33 bits per heavy atom. The summed E-state index contributed by atoms with van der Waals surface area (Å²) >= 11 is 0. The molecule has 0 bridgehead atoms. The van der Waals surface area contributed by atoms with Crippen molar-refractivity contribution in [3.8, 4) is 0 Å². The number of fused-ring (bicyclic) bond motifs is 3. The number of benzene rings is 1. The third kappa shape index (κ3) is 2.70. The van der Waals surface area contributed by atoms with E-state index in [1.807, 2.05) is 0 Å². The number of nitrogens with one attached hydrogen (secondary N) is 1. The third-order valence-corrected chi connectivity index (χ3v) is 7.20. The molecule has 0 spiro atoms. The molecule has 109 valence electrons. The number of hydrogen-bond acceptors (Lipinski definition) is 1. The maximum Gasteiger partial charge on any atom is 0.152 e. The summed E-state index contributed by atoms with van der Waals surface area (Å²) in [4.78, 5) is 3.88. The van der Waals surface area contributed by atoms with Gasteiger partial charge in [0.1, 0.15) is 0 Å². The predicted molar refractivity (Wildman–Crippen MR) is 94.4 cm³/mol. The molecule has 1 aromatic rings. The predicted octanol–water partition coefficient (Wildman–Crippen LogP) is 4.63. The molecule has 0 saturated heterocycles. The Bertz CT molecular complexity index is 656. The fraction of sp³-hybridized carbons (Fsp3) is 0.316. The van der Waals surface area contributed by atoms with Crippen LogP contribution in [0.1, 0.15) is 31.9 Å². The van der Waals surface area contributed by atoms with Gasteiger partial charge in [-0.25, -0.2) is 0 Å². The van der Waals surface area contributed by atoms with Gasteiger partial charge in [0.15, 0.2) is 8.24 Å². The van der Waals surface area contributed by atoms with E-state index in [4.69, 9.17) is 0 Å². The Morgan fingerprint density at radius 2 is 1.62 bits per heavy atom. The normalized spacial score (nSPS) is 18.1. The van der Waals surface area contributed by atoms with E-state index < -0.39 is 8.24 Å². The molecule has 1 nitrogen and oxygen atoms in total. The zero-order chi connectivity index (χ0) is 15.3. The molecule has 2 aliphatic carbocycles. The highest BCUT2D eigenvalue weighted by Crippen LogP contribution is 2.41. The quantitative estimate of drug-likeness (QED) is 0.784. The number of hydrogen-bond donors (Lipinski definition) is 1. The molecule has 0 unspecified atom stereocenters. The number of rotatable bonds is 2. The summed E-state index contributed by atoms with van der Waals surface area (Å²) in [5.41, 5.74) is 4.25. The van der Waals surface area contributed by atoms with E-state index in [-0.39, 0.29) is 5.54 Å². The fourth-order valence-corrected chi connectivity index (χ4v) is 6.92. The smallest absolute Gasteiger partial charge is 0.152 e. The monoisotopic (exact) mass is 294 g/mol. The highest BCUT2D eigenvalue weighted by Gasteiger charge is 2.36. The zero-order valence-electron chi connectivity index (χ0n) is 13.6. The van der Waals surface area contributed by atoms with Crippen molar-refractivity contribution >= 4 is 14.3 Å². The van der Waals surface area contributed by atoms with Crippen LogP contribution >= 0.6 is 0 Å². The van der Waals surface area contributed by atoms with Crippen molar-refractivity contribution in [2.75, 3.05) is 0 Å². The average molecular weight is 294 g/mol. The van der Waals surface area contributed by atoms with Gasteiger partial charge >= 0.3 is 0 Å². The van der Waals surface area contributed by atoms with Crippen molar-refractivity contribution in [3.05, 3.63) is 70.3 Å². The van der Waals surface area contributed by atoms with Gasteiger partial charge in [0.05, 0.1) is 5.92 Å². The molecule has 0 aliphatic heterocycles. The van der Waals surface area contributed by atoms with E-state index in [9.17, 15) is 0 Å². The fourth-order valence-electron chi connectivity index (χ4n) is 3.52. The minimum absolute atomic E-state index is 0.149. The molecule has 1 radical (unpaired) electrons. The van der Waals surface area contributed by atoms with Gasteiger partial charge in [0, 0.05) is 5.54 Å². The van der Waals surface area contributed by atoms with Crippen LogP contribution in [0.3, 0.4) is 0 Å². The number of allylic oxidation sites excluding steroid dienone is 5. The molecule has 3 rings (SSSR count). The summed E-state index contributed by atoms with van der Waals surface area (Å²) in [5.74, 6) is 1.39. The van der Waals surface area contributed by atoms with Crippen molar-refractivity contribution in [1.82, 2.24) is 4.98 Å².